The molecule has 94 valence electrons. The Morgan fingerprint density at radius 1 is 1.41 bits per heavy atom. The van der Waals surface area contributed by atoms with Crippen LogP contribution in [-0.2, 0) is 9.59 Å². The number of hydrogen-bond donors (Lipinski definition) is 1. The molecule has 0 unspecified atom stereocenters. The summed E-state index contributed by atoms with van der Waals surface area (Å²) in [5.74, 6) is 0.458. The second-order valence-corrected chi connectivity index (χ2v) is 4.39. The van der Waals surface area contributed by atoms with Crippen molar-refractivity contribution in [3.05, 3.63) is 24.8 Å². The van der Waals surface area contributed by atoms with Crippen molar-refractivity contribution in [1.82, 2.24) is 5.32 Å². The van der Waals surface area contributed by atoms with Crippen LogP contribution in [0, 0.1) is 5.92 Å². The van der Waals surface area contributed by atoms with Gasteiger partial charge in [0, 0.05) is 12.5 Å². The Morgan fingerprint density at radius 3 is 2.76 bits per heavy atom. The fourth-order valence-corrected chi connectivity index (χ4v) is 1.99. The maximum atomic E-state index is 11.3. The van der Waals surface area contributed by atoms with E-state index in [4.69, 9.17) is 0 Å². The minimum absolute atomic E-state index is 0.142. The summed E-state index contributed by atoms with van der Waals surface area (Å²) in [6.07, 6.45) is 9.49. The molecule has 0 spiro atoms. The molecule has 1 heterocycles. The second-order valence-electron chi connectivity index (χ2n) is 4.39. The van der Waals surface area contributed by atoms with Crippen LogP contribution in [0.2, 0.25) is 0 Å². The molecule has 1 saturated heterocycles. The Hall–Kier alpha value is -1.38. The van der Waals surface area contributed by atoms with Crippen LogP contribution in [0.5, 0.6) is 0 Å². The van der Waals surface area contributed by atoms with E-state index in [1.54, 1.807) is 6.08 Å². The van der Waals surface area contributed by atoms with Gasteiger partial charge in [0.25, 0.3) is 0 Å². The number of β-lactam (4-membered cyclic amide) rings is 1. The first kappa shape index (κ1) is 13.7. The summed E-state index contributed by atoms with van der Waals surface area (Å²) >= 11 is 0. The Morgan fingerprint density at radius 2 is 2.18 bits per heavy atom. The smallest absolute Gasteiger partial charge is 0.225 e. The molecule has 1 rings (SSSR count). The van der Waals surface area contributed by atoms with E-state index < -0.39 is 0 Å². The van der Waals surface area contributed by atoms with E-state index in [1.807, 2.05) is 19.1 Å². The molecule has 0 radical (unpaired) electrons. The van der Waals surface area contributed by atoms with E-state index in [9.17, 15) is 9.59 Å². The molecule has 0 aromatic rings. The molecule has 2 atom stereocenters. The summed E-state index contributed by atoms with van der Waals surface area (Å²) in [5, 5.41) is 2.91. The summed E-state index contributed by atoms with van der Waals surface area (Å²) < 4.78 is 0. The fourth-order valence-electron chi connectivity index (χ4n) is 1.99. The number of carbonyl (C=O) groups excluding carboxylic acids is 2. The Kier molecular flexibility index (Phi) is 5.67. The van der Waals surface area contributed by atoms with E-state index >= 15 is 0 Å². The van der Waals surface area contributed by atoms with Gasteiger partial charge >= 0.3 is 0 Å². The van der Waals surface area contributed by atoms with Gasteiger partial charge in [-0.05, 0) is 31.8 Å². The van der Waals surface area contributed by atoms with Crippen LogP contribution in [0.1, 0.15) is 39.0 Å². The van der Waals surface area contributed by atoms with Crippen LogP contribution in [0.25, 0.3) is 0 Å². The number of amides is 1. The van der Waals surface area contributed by atoms with E-state index in [-0.39, 0.29) is 23.7 Å². The normalized spacial score (nSPS) is 23.2. The monoisotopic (exact) mass is 235 g/mol. The lowest BCUT2D eigenvalue weighted by Gasteiger charge is -2.36. The van der Waals surface area contributed by atoms with Gasteiger partial charge in [0.2, 0.25) is 5.91 Å². The van der Waals surface area contributed by atoms with Gasteiger partial charge in [-0.25, -0.2) is 0 Å². The number of rotatable bonds is 8. The first-order chi connectivity index (χ1) is 8.19. The topological polar surface area (TPSA) is 46.2 Å². The first-order valence-electron chi connectivity index (χ1n) is 6.29. The molecule has 0 aromatic carbocycles. The number of hydrogen-bond acceptors (Lipinski definition) is 2. The third kappa shape index (κ3) is 4.17. The van der Waals surface area contributed by atoms with E-state index in [1.165, 1.54) is 0 Å². The van der Waals surface area contributed by atoms with Crippen molar-refractivity contribution in [2.75, 3.05) is 0 Å². The summed E-state index contributed by atoms with van der Waals surface area (Å²) in [7, 11) is 0. The molecule has 1 fully saturated rings. The minimum Gasteiger partial charge on any atom is -0.352 e. The number of nitrogens with one attached hydrogen (secondary N) is 1. The van der Waals surface area contributed by atoms with Crippen molar-refractivity contribution in [3.8, 4) is 0 Å². The highest BCUT2D eigenvalue weighted by molar-refractivity contribution is 5.89. The average molecular weight is 235 g/mol. The highest BCUT2D eigenvalue weighted by Gasteiger charge is 2.37. The molecule has 1 aliphatic heterocycles. The fraction of sp³-hybridized carbons (Fsp3) is 0.571. The SMILES string of the molecule is C=CCC[C@@H]1C(=O)N[C@@H]1CC/C=C/C(=O)CC. The maximum absolute atomic E-state index is 11.3. The Labute approximate surface area is 103 Å². The van der Waals surface area contributed by atoms with Crippen molar-refractivity contribution in [2.45, 2.75) is 45.1 Å². The highest BCUT2D eigenvalue weighted by Crippen LogP contribution is 2.24. The first-order valence-corrected chi connectivity index (χ1v) is 6.29. The third-order valence-corrected chi connectivity index (χ3v) is 3.13. The summed E-state index contributed by atoms with van der Waals surface area (Å²) in [4.78, 5) is 22.3. The molecule has 0 saturated carbocycles. The molecule has 1 amide bonds. The molecule has 1 aliphatic rings. The molecule has 0 bridgehead atoms. The molecule has 3 heteroatoms. The van der Waals surface area contributed by atoms with Gasteiger partial charge in [0.1, 0.15) is 0 Å². The van der Waals surface area contributed by atoms with Gasteiger partial charge < -0.3 is 5.32 Å². The van der Waals surface area contributed by atoms with Crippen molar-refractivity contribution < 1.29 is 9.59 Å². The molecule has 0 aromatic heterocycles. The van der Waals surface area contributed by atoms with Gasteiger partial charge in [0.15, 0.2) is 5.78 Å². The van der Waals surface area contributed by atoms with Gasteiger partial charge in [-0.1, -0.05) is 19.1 Å². The number of allylic oxidation sites excluding steroid dienone is 3. The van der Waals surface area contributed by atoms with E-state index in [0.717, 1.165) is 25.7 Å². The molecular formula is C14H21NO2. The summed E-state index contributed by atoms with van der Waals surface area (Å²) in [6, 6.07) is 0.281. The van der Waals surface area contributed by atoms with Crippen LogP contribution in [-0.4, -0.2) is 17.7 Å². The zero-order valence-corrected chi connectivity index (χ0v) is 10.4. The van der Waals surface area contributed by atoms with Crippen LogP contribution < -0.4 is 5.32 Å². The second kappa shape index (κ2) is 7.05. The van der Waals surface area contributed by atoms with Crippen molar-refractivity contribution in [1.29, 1.82) is 0 Å². The van der Waals surface area contributed by atoms with Crippen molar-refractivity contribution in [2.24, 2.45) is 5.92 Å². The predicted octanol–water partition coefficient (Wildman–Crippen LogP) is 2.38. The zero-order valence-electron chi connectivity index (χ0n) is 10.4. The predicted molar refractivity (Wildman–Crippen MR) is 68.5 cm³/mol. The minimum atomic E-state index is 0.142. The van der Waals surface area contributed by atoms with E-state index in [2.05, 4.69) is 11.9 Å². The standard InChI is InChI=1S/C14H21NO2/c1-3-5-9-12-13(15-14(12)17)10-7-6-8-11(16)4-2/h3,6,8,12-13H,1,4-5,7,9-10H2,2H3,(H,15,17)/b8-6+/t12-,13+/m0/s1. The Bertz CT molecular complexity index is 320. The largest absolute Gasteiger partial charge is 0.352 e. The lowest BCUT2D eigenvalue weighted by atomic mass is 9.83. The van der Waals surface area contributed by atoms with Gasteiger partial charge in [-0.3, -0.25) is 9.59 Å². The van der Waals surface area contributed by atoms with Crippen LogP contribution in [0.4, 0.5) is 0 Å². The van der Waals surface area contributed by atoms with Gasteiger partial charge in [-0.15, -0.1) is 6.58 Å². The molecule has 17 heavy (non-hydrogen) atoms. The van der Waals surface area contributed by atoms with Crippen LogP contribution in [0.15, 0.2) is 24.8 Å². The quantitative estimate of drug-likeness (QED) is 0.399. The lowest BCUT2D eigenvalue weighted by molar-refractivity contribution is -0.135. The van der Waals surface area contributed by atoms with Gasteiger partial charge in [-0.2, -0.15) is 0 Å². The number of ketones is 1. The Balaban J connectivity index is 2.23. The van der Waals surface area contributed by atoms with Crippen molar-refractivity contribution in [3.63, 3.8) is 0 Å². The third-order valence-electron chi connectivity index (χ3n) is 3.13. The maximum Gasteiger partial charge on any atom is 0.225 e. The zero-order chi connectivity index (χ0) is 12.7. The molecule has 1 N–H and O–H groups in total. The van der Waals surface area contributed by atoms with Crippen LogP contribution >= 0.6 is 0 Å². The van der Waals surface area contributed by atoms with E-state index in [0.29, 0.717) is 6.42 Å². The molecular weight excluding hydrogens is 214 g/mol. The summed E-state index contributed by atoms with van der Waals surface area (Å²) in [6.45, 7) is 5.52. The highest BCUT2D eigenvalue weighted by atomic mass is 16.2. The number of carbonyl (C=O) groups is 2. The van der Waals surface area contributed by atoms with Crippen molar-refractivity contribution >= 4 is 11.7 Å². The van der Waals surface area contributed by atoms with Gasteiger partial charge in [0.05, 0.1) is 5.92 Å². The molecule has 3 nitrogen and oxygen atoms in total. The molecule has 0 aliphatic carbocycles. The summed E-state index contributed by atoms with van der Waals surface area (Å²) in [5.41, 5.74) is 0. The lowest BCUT2D eigenvalue weighted by Crippen LogP contribution is -2.57. The van der Waals surface area contributed by atoms with Crippen LogP contribution in [0.3, 0.4) is 0 Å². The average Bonchev–Trinajstić information content (AvgIpc) is 2.32.